The molecule has 3 N–H and O–H groups in total. The molecule has 0 aliphatic carbocycles. The van der Waals surface area contributed by atoms with E-state index >= 15 is 0 Å². The van der Waals surface area contributed by atoms with E-state index in [-0.39, 0.29) is 17.9 Å². The number of aryl methyl sites for hydroxylation is 1. The van der Waals surface area contributed by atoms with Crippen LogP contribution in [0.4, 0.5) is 0 Å². The number of rotatable bonds is 4. The molecule has 0 amide bonds. The van der Waals surface area contributed by atoms with Gasteiger partial charge in [0.05, 0.1) is 11.2 Å². The topological polar surface area (TPSA) is 85.9 Å². The zero-order chi connectivity index (χ0) is 17.1. The number of aromatic hydroxyl groups is 2. The van der Waals surface area contributed by atoms with E-state index in [9.17, 15) is 15.4 Å². The van der Waals surface area contributed by atoms with Crippen LogP contribution in [-0.2, 0) is 12.8 Å². The van der Waals surface area contributed by atoms with Crippen molar-refractivity contribution in [3.8, 4) is 11.5 Å². The van der Waals surface area contributed by atoms with Gasteiger partial charge in [0.15, 0.2) is 0 Å². The van der Waals surface area contributed by atoms with Gasteiger partial charge in [-0.2, -0.15) is 0 Å². The Hall–Kier alpha value is -3.08. The van der Waals surface area contributed by atoms with Crippen LogP contribution in [0.15, 0.2) is 53.7 Å². The van der Waals surface area contributed by atoms with E-state index in [0.29, 0.717) is 23.3 Å². The summed E-state index contributed by atoms with van der Waals surface area (Å²) in [5, 5.41) is 33.7. The summed E-state index contributed by atoms with van der Waals surface area (Å²) in [6, 6.07) is 14.5. The van der Waals surface area contributed by atoms with E-state index in [1.807, 2.05) is 43.3 Å². The van der Waals surface area contributed by atoms with E-state index in [2.05, 4.69) is 10.1 Å². The van der Waals surface area contributed by atoms with Crippen LogP contribution in [-0.4, -0.2) is 26.1 Å². The largest absolute Gasteiger partial charge is 0.508 e. The summed E-state index contributed by atoms with van der Waals surface area (Å²) in [5.41, 5.74) is 2.95. The first-order chi connectivity index (χ1) is 11.6. The zero-order valence-corrected chi connectivity index (χ0v) is 13.3. The monoisotopic (exact) mass is 322 g/mol. The minimum atomic E-state index is -0.127. The summed E-state index contributed by atoms with van der Waals surface area (Å²) in [4.78, 5) is 4.56. The maximum Gasteiger partial charge on any atom is 0.128 e. The summed E-state index contributed by atoms with van der Waals surface area (Å²) in [6.45, 7) is 1.90. The van der Waals surface area contributed by atoms with Crippen molar-refractivity contribution in [3.05, 3.63) is 65.4 Å². The van der Waals surface area contributed by atoms with Gasteiger partial charge in [0, 0.05) is 29.1 Å². The second kappa shape index (κ2) is 6.58. The number of oxime groups is 1. The third-order valence-electron chi connectivity index (χ3n) is 4.01. The molecule has 2 aromatic carbocycles. The lowest BCUT2D eigenvalue weighted by molar-refractivity contribution is 0.318. The summed E-state index contributed by atoms with van der Waals surface area (Å²) in [6.07, 6.45) is 0.870. The van der Waals surface area contributed by atoms with Crippen molar-refractivity contribution in [2.24, 2.45) is 5.16 Å². The Balaban J connectivity index is 1.97. The molecule has 122 valence electrons. The molecule has 0 unspecified atom stereocenters. The Morgan fingerprint density at radius 3 is 2.58 bits per heavy atom. The molecule has 5 heteroatoms. The van der Waals surface area contributed by atoms with Gasteiger partial charge in [0.1, 0.15) is 11.5 Å². The lowest BCUT2D eigenvalue weighted by Gasteiger charge is -2.11. The van der Waals surface area contributed by atoms with Crippen molar-refractivity contribution < 1.29 is 15.4 Å². The Kier molecular flexibility index (Phi) is 4.33. The molecule has 1 aromatic heterocycles. The summed E-state index contributed by atoms with van der Waals surface area (Å²) in [7, 11) is 0. The standard InChI is InChI=1S/C19H18N2O3/c1-2-12-9-15(19(23)11-18(12)22)17(21-24)10-14-8-7-13-5-3-4-6-16(13)20-14/h3-9,11,22-24H,2,10H2,1H3. The number of phenolic OH excluding ortho intramolecular Hbond substituents is 2. The number of benzene rings is 2. The highest BCUT2D eigenvalue weighted by molar-refractivity contribution is 6.04. The molecule has 0 fully saturated rings. The maximum atomic E-state index is 10.1. The Labute approximate surface area is 139 Å². The third-order valence-corrected chi connectivity index (χ3v) is 4.01. The average molecular weight is 322 g/mol. The van der Waals surface area contributed by atoms with E-state index in [1.54, 1.807) is 6.07 Å². The fraction of sp³-hybridized carbons (Fsp3) is 0.158. The van der Waals surface area contributed by atoms with Crippen molar-refractivity contribution in [1.29, 1.82) is 0 Å². The number of nitrogens with zero attached hydrogens (tertiary/aromatic N) is 2. The van der Waals surface area contributed by atoms with Crippen molar-refractivity contribution in [3.63, 3.8) is 0 Å². The van der Waals surface area contributed by atoms with Gasteiger partial charge in [-0.3, -0.25) is 4.98 Å². The second-order valence-electron chi connectivity index (χ2n) is 5.57. The van der Waals surface area contributed by atoms with Crippen LogP contribution >= 0.6 is 0 Å². The minimum Gasteiger partial charge on any atom is -0.508 e. The number of hydrogen-bond donors (Lipinski definition) is 3. The molecule has 0 aliphatic heterocycles. The molecule has 0 radical (unpaired) electrons. The number of aromatic nitrogens is 1. The Morgan fingerprint density at radius 2 is 1.83 bits per heavy atom. The van der Waals surface area contributed by atoms with Gasteiger partial charge < -0.3 is 15.4 Å². The average Bonchev–Trinajstić information content (AvgIpc) is 2.60. The molecule has 0 atom stereocenters. The van der Waals surface area contributed by atoms with Crippen LogP contribution in [0.2, 0.25) is 0 Å². The smallest absolute Gasteiger partial charge is 0.128 e. The van der Waals surface area contributed by atoms with Gasteiger partial charge in [-0.15, -0.1) is 0 Å². The molecule has 5 nitrogen and oxygen atoms in total. The normalized spacial score (nSPS) is 11.8. The lowest BCUT2D eigenvalue weighted by atomic mass is 9.99. The van der Waals surface area contributed by atoms with Crippen LogP contribution in [0.5, 0.6) is 11.5 Å². The molecule has 1 heterocycles. The predicted molar refractivity (Wildman–Crippen MR) is 92.9 cm³/mol. The zero-order valence-electron chi connectivity index (χ0n) is 13.3. The molecular weight excluding hydrogens is 304 g/mol. The second-order valence-corrected chi connectivity index (χ2v) is 5.57. The maximum absolute atomic E-state index is 10.1. The van der Waals surface area contributed by atoms with Crippen LogP contribution in [0.3, 0.4) is 0 Å². The van der Waals surface area contributed by atoms with Crippen LogP contribution in [0.25, 0.3) is 10.9 Å². The van der Waals surface area contributed by atoms with Gasteiger partial charge in [-0.25, -0.2) is 0 Å². The Morgan fingerprint density at radius 1 is 1.04 bits per heavy atom. The molecule has 24 heavy (non-hydrogen) atoms. The summed E-state index contributed by atoms with van der Waals surface area (Å²) in [5.74, 6) is -0.0989. The molecule has 3 rings (SSSR count). The lowest BCUT2D eigenvalue weighted by Crippen LogP contribution is -2.08. The molecular formula is C19H18N2O3. The molecule has 3 aromatic rings. The van der Waals surface area contributed by atoms with E-state index in [1.165, 1.54) is 6.07 Å². The van der Waals surface area contributed by atoms with Crippen molar-refractivity contribution in [2.75, 3.05) is 0 Å². The molecule has 0 aliphatic rings. The van der Waals surface area contributed by atoms with Crippen LogP contribution < -0.4 is 0 Å². The fourth-order valence-corrected chi connectivity index (χ4v) is 2.70. The first-order valence-corrected chi connectivity index (χ1v) is 7.73. The molecule has 0 saturated heterocycles. The predicted octanol–water partition coefficient (Wildman–Crippen LogP) is 3.63. The summed E-state index contributed by atoms with van der Waals surface area (Å²) < 4.78 is 0. The fourth-order valence-electron chi connectivity index (χ4n) is 2.70. The number of para-hydroxylation sites is 1. The molecule has 0 spiro atoms. The number of hydrogen-bond acceptors (Lipinski definition) is 5. The Bertz CT molecular complexity index is 920. The molecule has 0 saturated carbocycles. The van der Waals surface area contributed by atoms with E-state index in [4.69, 9.17) is 0 Å². The highest BCUT2D eigenvalue weighted by Gasteiger charge is 2.15. The van der Waals surface area contributed by atoms with E-state index < -0.39 is 0 Å². The van der Waals surface area contributed by atoms with Crippen LogP contribution in [0.1, 0.15) is 23.7 Å². The number of fused-ring (bicyclic) bond motifs is 1. The van der Waals surface area contributed by atoms with Crippen molar-refractivity contribution in [1.82, 2.24) is 4.98 Å². The first-order valence-electron chi connectivity index (χ1n) is 7.73. The van der Waals surface area contributed by atoms with Crippen LogP contribution in [0, 0.1) is 0 Å². The summed E-state index contributed by atoms with van der Waals surface area (Å²) >= 11 is 0. The van der Waals surface area contributed by atoms with Crippen molar-refractivity contribution in [2.45, 2.75) is 19.8 Å². The number of pyridine rings is 1. The molecule has 0 bridgehead atoms. The quantitative estimate of drug-likeness (QED) is 0.389. The first kappa shape index (κ1) is 15.8. The number of phenols is 2. The van der Waals surface area contributed by atoms with Gasteiger partial charge in [-0.1, -0.05) is 36.3 Å². The van der Waals surface area contributed by atoms with E-state index in [0.717, 1.165) is 16.6 Å². The van der Waals surface area contributed by atoms with Crippen molar-refractivity contribution >= 4 is 16.6 Å². The highest BCUT2D eigenvalue weighted by Crippen LogP contribution is 2.29. The third kappa shape index (κ3) is 3.01. The highest BCUT2D eigenvalue weighted by atomic mass is 16.4. The van der Waals surface area contributed by atoms with Gasteiger partial charge >= 0.3 is 0 Å². The SMILES string of the molecule is CCc1cc(C(Cc2ccc3ccccc3n2)=NO)c(O)cc1O. The van der Waals surface area contributed by atoms with Gasteiger partial charge in [0.2, 0.25) is 0 Å². The minimum absolute atomic E-state index is 0.0277. The van der Waals surface area contributed by atoms with Gasteiger partial charge in [0.25, 0.3) is 0 Å². The van der Waals surface area contributed by atoms with Gasteiger partial charge in [-0.05, 0) is 30.2 Å².